The zero-order valence-corrected chi connectivity index (χ0v) is 17.0. The van der Waals surface area contributed by atoms with E-state index in [1.807, 2.05) is 43.6 Å². The number of thiophene rings is 1. The molecule has 0 radical (unpaired) electrons. The Bertz CT molecular complexity index is 1020. The quantitative estimate of drug-likeness (QED) is 0.681. The van der Waals surface area contributed by atoms with Gasteiger partial charge in [-0.15, -0.1) is 11.3 Å². The van der Waals surface area contributed by atoms with Crippen molar-refractivity contribution in [1.29, 1.82) is 0 Å². The molecule has 0 saturated carbocycles. The van der Waals surface area contributed by atoms with Crippen LogP contribution in [0.25, 0.3) is 10.2 Å². The molecule has 4 heterocycles. The molecule has 28 heavy (non-hydrogen) atoms. The van der Waals surface area contributed by atoms with Crippen LogP contribution < -0.4 is 10.5 Å². The van der Waals surface area contributed by atoms with E-state index in [4.69, 9.17) is 0 Å². The molecule has 2 N–H and O–H groups in total. The van der Waals surface area contributed by atoms with Gasteiger partial charge < -0.3 is 14.8 Å². The van der Waals surface area contributed by atoms with Crippen LogP contribution >= 0.6 is 11.3 Å². The van der Waals surface area contributed by atoms with E-state index < -0.39 is 0 Å². The van der Waals surface area contributed by atoms with Gasteiger partial charge in [0.1, 0.15) is 5.69 Å². The van der Waals surface area contributed by atoms with Crippen molar-refractivity contribution in [3.63, 3.8) is 0 Å². The number of carbonyl (C=O) groups excluding carboxylic acids is 1. The van der Waals surface area contributed by atoms with E-state index in [-0.39, 0.29) is 17.5 Å². The Hall–Kier alpha value is -2.65. The lowest BCUT2D eigenvalue weighted by Gasteiger charge is -2.24. The van der Waals surface area contributed by atoms with E-state index in [1.165, 1.54) is 6.07 Å². The van der Waals surface area contributed by atoms with Gasteiger partial charge in [0.15, 0.2) is 0 Å². The topological polar surface area (TPSA) is 88.3 Å². The van der Waals surface area contributed by atoms with Crippen LogP contribution in [-0.2, 0) is 6.54 Å². The van der Waals surface area contributed by atoms with Crippen LogP contribution in [0.3, 0.4) is 0 Å². The van der Waals surface area contributed by atoms with Gasteiger partial charge in [-0.25, -0.2) is 4.98 Å². The number of nitrogens with one attached hydrogen (secondary N) is 2. The lowest BCUT2D eigenvalue weighted by molar-refractivity contribution is 0.0774. The van der Waals surface area contributed by atoms with Crippen molar-refractivity contribution in [2.45, 2.75) is 19.0 Å². The maximum absolute atomic E-state index is 12.8. The number of likely N-dealkylation sites (tertiary alicyclic amines) is 1. The van der Waals surface area contributed by atoms with Crippen LogP contribution in [0.15, 0.2) is 28.4 Å². The number of anilines is 1. The number of H-pyrrole nitrogens is 2. The van der Waals surface area contributed by atoms with Crippen LogP contribution in [0.1, 0.15) is 22.6 Å². The molecule has 8 nitrogen and oxygen atoms in total. The largest absolute Gasteiger partial charge is 0.350 e. The monoisotopic (exact) mass is 400 g/mol. The molecule has 4 rings (SSSR count). The minimum atomic E-state index is -0.156. The molecule has 1 amide bonds. The van der Waals surface area contributed by atoms with Gasteiger partial charge in [-0.05, 0) is 31.0 Å². The van der Waals surface area contributed by atoms with Gasteiger partial charge in [-0.3, -0.25) is 19.5 Å². The molecule has 1 unspecified atom stereocenters. The van der Waals surface area contributed by atoms with E-state index in [2.05, 4.69) is 19.9 Å². The minimum Gasteiger partial charge on any atom is -0.350 e. The normalized spacial score (nSPS) is 17.0. The SMILES string of the molecule is CN(C)c1nc(CN(C)C2CCN(C(=O)c3cc4sccc4[nH]3)C2)cc(=O)[nH]1. The Balaban J connectivity index is 1.41. The fourth-order valence-electron chi connectivity index (χ4n) is 3.59. The van der Waals surface area contributed by atoms with Crippen molar-refractivity contribution in [1.82, 2.24) is 24.8 Å². The Morgan fingerprint density at radius 1 is 1.32 bits per heavy atom. The molecule has 0 aromatic carbocycles. The minimum absolute atomic E-state index is 0.0449. The number of likely N-dealkylation sites (N-methyl/N-ethyl adjacent to an activating group) is 1. The highest BCUT2D eigenvalue weighted by atomic mass is 32.1. The van der Waals surface area contributed by atoms with Gasteiger partial charge >= 0.3 is 0 Å². The highest BCUT2D eigenvalue weighted by molar-refractivity contribution is 7.17. The Labute approximate surface area is 166 Å². The van der Waals surface area contributed by atoms with E-state index in [0.717, 1.165) is 28.9 Å². The summed E-state index contributed by atoms with van der Waals surface area (Å²) < 4.78 is 1.10. The summed E-state index contributed by atoms with van der Waals surface area (Å²) in [4.78, 5) is 41.0. The van der Waals surface area contributed by atoms with E-state index in [9.17, 15) is 9.59 Å². The van der Waals surface area contributed by atoms with Crippen molar-refractivity contribution in [3.8, 4) is 0 Å². The Kier molecular flexibility index (Phi) is 4.94. The molecular formula is C19H24N6O2S. The molecule has 1 aliphatic rings. The number of hydrogen-bond donors (Lipinski definition) is 2. The third kappa shape index (κ3) is 3.67. The van der Waals surface area contributed by atoms with Gasteiger partial charge in [0.05, 0.1) is 15.9 Å². The van der Waals surface area contributed by atoms with Crippen LogP contribution in [0.2, 0.25) is 0 Å². The number of amides is 1. The molecule has 1 fully saturated rings. The van der Waals surface area contributed by atoms with Crippen LogP contribution in [0.4, 0.5) is 5.95 Å². The van der Waals surface area contributed by atoms with E-state index in [0.29, 0.717) is 24.7 Å². The van der Waals surface area contributed by atoms with Crippen LogP contribution in [-0.4, -0.2) is 70.9 Å². The van der Waals surface area contributed by atoms with Crippen LogP contribution in [0.5, 0.6) is 0 Å². The van der Waals surface area contributed by atoms with Crippen LogP contribution in [0, 0.1) is 0 Å². The van der Waals surface area contributed by atoms with Gasteiger partial charge in [-0.2, -0.15) is 0 Å². The van der Waals surface area contributed by atoms with Crippen molar-refractivity contribution in [3.05, 3.63) is 45.3 Å². The summed E-state index contributed by atoms with van der Waals surface area (Å²) in [6, 6.07) is 5.70. The maximum Gasteiger partial charge on any atom is 0.270 e. The predicted molar refractivity (Wildman–Crippen MR) is 111 cm³/mol. The molecule has 1 atom stereocenters. The van der Waals surface area contributed by atoms with Gasteiger partial charge in [0, 0.05) is 45.8 Å². The lowest BCUT2D eigenvalue weighted by atomic mass is 10.2. The predicted octanol–water partition coefficient (Wildman–Crippen LogP) is 1.73. The van der Waals surface area contributed by atoms with Gasteiger partial charge in [0.25, 0.3) is 11.5 Å². The number of hydrogen-bond acceptors (Lipinski definition) is 6. The summed E-state index contributed by atoms with van der Waals surface area (Å²) in [5.74, 6) is 0.592. The average molecular weight is 401 g/mol. The molecule has 3 aromatic rings. The number of carbonyl (C=O) groups is 1. The standard InChI is InChI=1S/C19H24N6O2S/c1-23(2)19-20-12(8-17(26)22-19)10-24(3)13-4-6-25(11-13)18(27)15-9-16-14(21-15)5-7-28-16/h5,7-9,13,21H,4,6,10-11H2,1-3H3,(H,20,22,26). The van der Waals surface area contributed by atoms with E-state index >= 15 is 0 Å². The first kappa shape index (κ1) is 18.7. The molecule has 0 bridgehead atoms. The molecule has 9 heteroatoms. The van der Waals surface area contributed by atoms with Crippen molar-refractivity contribution >= 4 is 33.4 Å². The smallest absolute Gasteiger partial charge is 0.270 e. The van der Waals surface area contributed by atoms with Gasteiger partial charge in [-0.1, -0.05) is 0 Å². The number of aromatic amines is 2. The fraction of sp³-hybridized carbons (Fsp3) is 0.421. The summed E-state index contributed by atoms with van der Waals surface area (Å²) in [5.41, 5.74) is 2.23. The third-order valence-corrected chi connectivity index (χ3v) is 6.03. The summed E-state index contributed by atoms with van der Waals surface area (Å²) in [5, 5.41) is 2.01. The fourth-order valence-corrected chi connectivity index (χ4v) is 4.37. The first-order valence-corrected chi connectivity index (χ1v) is 10.1. The zero-order chi connectivity index (χ0) is 19.8. The molecule has 3 aromatic heterocycles. The van der Waals surface area contributed by atoms with E-state index in [1.54, 1.807) is 16.2 Å². The molecule has 0 spiro atoms. The molecule has 0 aliphatic carbocycles. The molecule has 1 saturated heterocycles. The molecular weight excluding hydrogens is 376 g/mol. The second-order valence-electron chi connectivity index (χ2n) is 7.45. The van der Waals surface area contributed by atoms with Crippen molar-refractivity contribution in [2.24, 2.45) is 0 Å². The highest BCUT2D eigenvalue weighted by Crippen LogP contribution is 2.24. The Morgan fingerprint density at radius 2 is 2.14 bits per heavy atom. The first-order chi connectivity index (χ1) is 13.4. The van der Waals surface area contributed by atoms with Crippen molar-refractivity contribution < 1.29 is 4.79 Å². The Morgan fingerprint density at radius 3 is 2.89 bits per heavy atom. The summed E-state index contributed by atoms with van der Waals surface area (Å²) >= 11 is 1.63. The average Bonchev–Trinajstić information content (AvgIpc) is 3.36. The summed E-state index contributed by atoms with van der Waals surface area (Å²) in [6.07, 6.45) is 0.904. The highest BCUT2D eigenvalue weighted by Gasteiger charge is 2.30. The summed E-state index contributed by atoms with van der Waals surface area (Å²) in [7, 11) is 5.70. The molecule has 148 valence electrons. The van der Waals surface area contributed by atoms with Gasteiger partial charge in [0.2, 0.25) is 5.95 Å². The summed E-state index contributed by atoms with van der Waals surface area (Å²) in [6.45, 7) is 1.97. The maximum atomic E-state index is 12.8. The second kappa shape index (κ2) is 7.40. The zero-order valence-electron chi connectivity index (χ0n) is 16.2. The number of fused-ring (bicyclic) bond motifs is 1. The number of rotatable bonds is 5. The number of nitrogens with zero attached hydrogens (tertiary/aromatic N) is 4. The number of aromatic nitrogens is 3. The molecule has 1 aliphatic heterocycles. The first-order valence-electron chi connectivity index (χ1n) is 9.24. The lowest BCUT2D eigenvalue weighted by Crippen LogP contribution is -2.36. The second-order valence-corrected chi connectivity index (χ2v) is 8.39. The van der Waals surface area contributed by atoms with Crippen molar-refractivity contribution in [2.75, 3.05) is 39.1 Å². The third-order valence-electron chi connectivity index (χ3n) is 5.16.